The van der Waals surface area contributed by atoms with E-state index in [1.807, 2.05) is 6.07 Å². The molecular weight excluding hydrogens is 250 g/mol. The highest BCUT2D eigenvalue weighted by atomic mass is 32.1. The molecule has 1 aromatic heterocycles. The van der Waals surface area contributed by atoms with E-state index in [0.29, 0.717) is 11.3 Å². The molecule has 0 bridgehead atoms. The van der Waals surface area contributed by atoms with Crippen LogP contribution in [0.25, 0.3) is 10.9 Å². The van der Waals surface area contributed by atoms with Crippen LogP contribution in [-0.2, 0) is 0 Å². The van der Waals surface area contributed by atoms with Crippen LogP contribution < -0.4 is 0 Å². The molecule has 5 heteroatoms. The number of thiol groups is 1. The van der Waals surface area contributed by atoms with Crippen molar-refractivity contribution in [2.24, 2.45) is 5.92 Å². The van der Waals surface area contributed by atoms with Gasteiger partial charge in [0.25, 0.3) is 0 Å². The Balaban J connectivity index is 2.69. The summed E-state index contributed by atoms with van der Waals surface area (Å²) < 4.78 is 1.26. The second-order valence-corrected chi connectivity index (χ2v) is 4.52. The summed E-state index contributed by atoms with van der Waals surface area (Å²) in [4.78, 5) is 23.4. The first-order chi connectivity index (χ1) is 8.56. The molecule has 0 amide bonds. The van der Waals surface area contributed by atoms with E-state index in [9.17, 15) is 14.7 Å². The van der Waals surface area contributed by atoms with Crippen molar-refractivity contribution in [3.05, 3.63) is 36.0 Å². The largest absolute Gasteiger partial charge is 0.477 e. The fourth-order valence-corrected chi connectivity index (χ4v) is 2.00. The molecule has 1 unspecified atom stereocenters. The molecule has 2 aromatic rings. The number of carbonyl (C=O) groups excluding carboxylic acids is 1. The van der Waals surface area contributed by atoms with Gasteiger partial charge in [-0.1, -0.05) is 25.1 Å². The van der Waals surface area contributed by atoms with E-state index in [1.54, 1.807) is 25.1 Å². The lowest BCUT2D eigenvalue weighted by atomic mass is 10.2. The minimum absolute atomic E-state index is 0.00478. The standard InChI is InChI=1S/C13H13NO3S/c1-8(7-18)12(15)14-10-5-3-2-4-9(10)6-11(14)13(16)17/h2-6,8,18H,7H2,1H3,(H,16,17). The average molecular weight is 263 g/mol. The molecular formula is C13H13NO3S. The van der Waals surface area contributed by atoms with E-state index in [2.05, 4.69) is 12.6 Å². The molecule has 18 heavy (non-hydrogen) atoms. The maximum atomic E-state index is 12.2. The summed E-state index contributed by atoms with van der Waals surface area (Å²) in [6.07, 6.45) is 0. The van der Waals surface area contributed by atoms with Crippen molar-refractivity contribution in [1.82, 2.24) is 4.57 Å². The maximum Gasteiger partial charge on any atom is 0.352 e. The van der Waals surface area contributed by atoms with Crippen LogP contribution in [0.3, 0.4) is 0 Å². The number of para-hydroxylation sites is 1. The van der Waals surface area contributed by atoms with E-state index in [0.717, 1.165) is 5.39 Å². The lowest BCUT2D eigenvalue weighted by molar-refractivity contribution is 0.0670. The highest BCUT2D eigenvalue weighted by Gasteiger charge is 2.22. The van der Waals surface area contributed by atoms with Gasteiger partial charge in [0.2, 0.25) is 5.91 Å². The van der Waals surface area contributed by atoms with Gasteiger partial charge in [0, 0.05) is 17.1 Å². The molecule has 0 fully saturated rings. The summed E-state index contributed by atoms with van der Waals surface area (Å²) in [6, 6.07) is 8.64. The van der Waals surface area contributed by atoms with Crippen LogP contribution >= 0.6 is 12.6 Å². The van der Waals surface area contributed by atoms with Crippen molar-refractivity contribution in [3.8, 4) is 0 Å². The van der Waals surface area contributed by atoms with Crippen molar-refractivity contribution in [2.45, 2.75) is 6.92 Å². The number of carboxylic acid groups (broad SMARTS) is 1. The van der Waals surface area contributed by atoms with Crippen LogP contribution in [0.5, 0.6) is 0 Å². The molecule has 1 atom stereocenters. The molecule has 94 valence electrons. The van der Waals surface area contributed by atoms with Gasteiger partial charge >= 0.3 is 5.97 Å². The first-order valence-corrected chi connectivity index (χ1v) is 6.18. The third-order valence-electron chi connectivity index (χ3n) is 2.85. The highest BCUT2D eigenvalue weighted by molar-refractivity contribution is 7.80. The van der Waals surface area contributed by atoms with E-state index in [1.165, 1.54) is 10.6 Å². The number of carboxylic acids is 1. The van der Waals surface area contributed by atoms with Crippen LogP contribution in [0.2, 0.25) is 0 Å². The Morgan fingerprint density at radius 3 is 2.67 bits per heavy atom. The fraction of sp³-hybridized carbons (Fsp3) is 0.231. The quantitative estimate of drug-likeness (QED) is 0.837. The lowest BCUT2D eigenvalue weighted by Crippen LogP contribution is -2.23. The Kier molecular flexibility index (Phi) is 3.43. The summed E-state index contributed by atoms with van der Waals surface area (Å²) in [5, 5.41) is 9.92. The molecule has 1 N–H and O–H groups in total. The Morgan fingerprint density at radius 1 is 1.39 bits per heavy atom. The Hall–Kier alpha value is -1.75. The summed E-state index contributed by atoms with van der Waals surface area (Å²) in [5.41, 5.74) is 0.614. The van der Waals surface area contributed by atoms with E-state index >= 15 is 0 Å². The molecule has 0 saturated heterocycles. The number of aromatic carboxylic acids is 1. The summed E-state index contributed by atoms with van der Waals surface area (Å²) in [5.74, 6) is -1.30. The monoisotopic (exact) mass is 263 g/mol. The number of fused-ring (bicyclic) bond motifs is 1. The van der Waals surface area contributed by atoms with Crippen LogP contribution in [0.1, 0.15) is 22.2 Å². The molecule has 0 aliphatic heterocycles. The van der Waals surface area contributed by atoms with Gasteiger partial charge in [0.05, 0.1) is 5.52 Å². The van der Waals surface area contributed by atoms with Crippen molar-refractivity contribution < 1.29 is 14.7 Å². The second kappa shape index (κ2) is 4.86. The van der Waals surface area contributed by atoms with E-state index in [4.69, 9.17) is 0 Å². The third-order valence-corrected chi connectivity index (χ3v) is 3.39. The molecule has 1 aromatic carbocycles. The number of carbonyl (C=O) groups is 2. The number of aromatic nitrogens is 1. The van der Waals surface area contributed by atoms with Gasteiger partial charge < -0.3 is 5.11 Å². The van der Waals surface area contributed by atoms with Crippen molar-refractivity contribution in [1.29, 1.82) is 0 Å². The Bertz CT molecular complexity index is 618. The van der Waals surface area contributed by atoms with Crippen LogP contribution in [-0.4, -0.2) is 27.3 Å². The summed E-state index contributed by atoms with van der Waals surface area (Å²) in [6.45, 7) is 1.73. The number of hydrogen-bond acceptors (Lipinski definition) is 3. The van der Waals surface area contributed by atoms with Crippen LogP contribution in [0.4, 0.5) is 0 Å². The van der Waals surface area contributed by atoms with E-state index in [-0.39, 0.29) is 17.5 Å². The normalized spacial score (nSPS) is 12.6. The fourth-order valence-electron chi connectivity index (χ4n) is 1.85. The van der Waals surface area contributed by atoms with Gasteiger partial charge in [-0.15, -0.1) is 0 Å². The molecule has 4 nitrogen and oxygen atoms in total. The molecule has 0 spiro atoms. The smallest absolute Gasteiger partial charge is 0.352 e. The Morgan fingerprint density at radius 2 is 2.06 bits per heavy atom. The molecule has 1 heterocycles. The first-order valence-electron chi connectivity index (χ1n) is 5.55. The molecule has 0 radical (unpaired) electrons. The first kappa shape index (κ1) is 12.7. The van der Waals surface area contributed by atoms with Gasteiger partial charge in [-0.05, 0) is 12.1 Å². The Labute approximate surface area is 110 Å². The number of benzene rings is 1. The van der Waals surface area contributed by atoms with E-state index < -0.39 is 5.97 Å². The topological polar surface area (TPSA) is 59.3 Å². The zero-order valence-electron chi connectivity index (χ0n) is 9.83. The molecule has 0 aliphatic rings. The predicted molar refractivity (Wildman–Crippen MR) is 72.5 cm³/mol. The highest BCUT2D eigenvalue weighted by Crippen LogP contribution is 2.21. The maximum absolute atomic E-state index is 12.2. The van der Waals surface area contributed by atoms with Crippen molar-refractivity contribution >= 4 is 35.4 Å². The molecule has 2 rings (SSSR count). The molecule has 0 saturated carbocycles. The van der Waals surface area contributed by atoms with Crippen LogP contribution in [0, 0.1) is 5.92 Å². The second-order valence-electron chi connectivity index (χ2n) is 4.15. The minimum atomic E-state index is -1.11. The number of nitrogens with zero attached hydrogens (tertiary/aromatic N) is 1. The predicted octanol–water partition coefficient (Wildman–Crippen LogP) is 2.55. The zero-order chi connectivity index (χ0) is 13.3. The van der Waals surface area contributed by atoms with Crippen molar-refractivity contribution in [2.75, 3.05) is 5.75 Å². The molecule has 0 aliphatic carbocycles. The van der Waals surface area contributed by atoms with Crippen molar-refractivity contribution in [3.63, 3.8) is 0 Å². The third kappa shape index (κ3) is 2.01. The zero-order valence-corrected chi connectivity index (χ0v) is 10.7. The SMILES string of the molecule is CC(CS)C(=O)n1c(C(=O)O)cc2ccccc21. The summed E-state index contributed by atoms with van der Waals surface area (Å²) in [7, 11) is 0. The lowest BCUT2D eigenvalue weighted by Gasteiger charge is -2.11. The van der Waals surface area contributed by atoms with Gasteiger partial charge in [0.15, 0.2) is 0 Å². The minimum Gasteiger partial charge on any atom is -0.477 e. The number of hydrogen-bond donors (Lipinski definition) is 2. The van der Waals surface area contributed by atoms with Gasteiger partial charge in [0.1, 0.15) is 5.69 Å². The van der Waals surface area contributed by atoms with Crippen LogP contribution in [0.15, 0.2) is 30.3 Å². The van der Waals surface area contributed by atoms with Gasteiger partial charge in [-0.2, -0.15) is 12.6 Å². The van der Waals surface area contributed by atoms with Gasteiger partial charge in [-0.25, -0.2) is 4.79 Å². The average Bonchev–Trinajstić information content (AvgIpc) is 2.76. The summed E-state index contributed by atoms with van der Waals surface area (Å²) >= 11 is 4.08. The number of rotatable bonds is 3. The van der Waals surface area contributed by atoms with Gasteiger partial charge in [-0.3, -0.25) is 9.36 Å².